The van der Waals surface area contributed by atoms with Crippen LogP contribution in [0.4, 0.5) is 5.69 Å². The molecule has 22 heavy (non-hydrogen) atoms. The number of piperazine rings is 1. The third-order valence-corrected chi connectivity index (χ3v) is 4.66. The molecule has 2 nitrogen and oxygen atoms in total. The predicted molar refractivity (Wildman–Crippen MR) is 96.7 cm³/mol. The molecule has 0 aliphatic carbocycles. The first-order chi connectivity index (χ1) is 10.5. The van der Waals surface area contributed by atoms with E-state index >= 15 is 0 Å². The molecule has 0 saturated carbocycles. The molecule has 0 N–H and O–H groups in total. The van der Waals surface area contributed by atoms with Crippen molar-refractivity contribution < 1.29 is 0 Å². The highest BCUT2D eigenvalue weighted by atomic mass is 15.3. The molecule has 1 aliphatic rings. The van der Waals surface area contributed by atoms with Gasteiger partial charge in [0.1, 0.15) is 0 Å². The van der Waals surface area contributed by atoms with Gasteiger partial charge < -0.3 is 4.90 Å². The standard InChI is InChI=1S/C20H28N2/c1-20(2,3)11-12-21-13-15-22(16-14-21)19-10-6-8-17-7-4-5-9-18(17)19/h4-10H,11-16H2,1-3H3. The van der Waals surface area contributed by atoms with Gasteiger partial charge in [-0.2, -0.15) is 0 Å². The van der Waals surface area contributed by atoms with Crippen LogP contribution in [0, 0.1) is 5.41 Å². The van der Waals surface area contributed by atoms with Gasteiger partial charge in [0.2, 0.25) is 0 Å². The average Bonchev–Trinajstić information content (AvgIpc) is 2.52. The highest BCUT2D eigenvalue weighted by Gasteiger charge is 2.20. The molecule has 1 saturated heterocycles. The van der Waals surface area contributed by atoms with Crippen molar-refractivity contribution in [1.29, 1.82) is 0 Å². The quantitative estimate of drug-likeness (QED) is 0.828. The van der Waals surface area contributed by atoms with Crippen molar-refractivity contribution in [3.8, 4) is 0 Å². The number of nitrogens with zero attached hydrogens (tertiary/aromatic N) is 2. The van der Waals surface area contributed by atoms with Gasteiger partial charge in [-0.05, 0) is 29.8 Å². The summed E-state index contributed by atoms with van der Waals surface area (Å²) in [5.41, 5.74) is 1.83. The lowest BCUT2D eigenvalue weighted by molar-refractivity contribution is 0.217. The largest absolute Gasteiger partial charge is 0.368 e. The Hall–Kier alpha value is -1.54. The van der Waals surface area contributed by atoms with Gasteiger partial charge in [0.25, 0.3) is 0 Å². The Balaban J connectivity index is 1.66. The Morgan fingerprint density at radius 2 is 1.55 bits per heavy atom. The minimum absolute atomic E-state index is 0.437. The van der Waals surface area contributed by atoms with E-state index in [0.717, 1.165) is 13.1 Å². The molecular formula is C20H28N2. The van der Waals surface area contributed by atoms with E-state index in [1.54, 1.807) is 0 Å². The second-order valence-electron chi connectivity index (χ2n) is 7.64. The van der Waals surface area contributed by atoms with Gasteiger partial charge in [-0.15, -0.1) is 0 Å². The molecule has 3 rings (SSSR count). The van der Waals surface area contributed by atoms with Gasteiger partial charge in [0, 0.05) is 37.3 Å². The summed E-state index contributed by atoms with van der Waals surface area (Å²) < 4.78 is 0. The van der Waals surface area contributed by atoms with E-state index in [4.69, 9.17) is 0 Å². The lowest BCUT2D eigenvalue weighted by Gasteiger charge is -2.37. The topological polar surface area (TPSA) is 6.48 Å². The van der Waals surface area contributed by atoms with Crippen LogP contribution in [0.5, 0.6) is 0 Å². The minimum atomic E-state index is 0.437. The van der Waals surface area contributed by atoms with Crippen LogP contribution in [0.25, 0.3) is 10.8 Å². The molecule has 0 amide bonds. The lowest BCUT2D eigenvalue weighted by atomic mass is 9.92. The summed E-state index contributed by atoms with van der Waals surface area (Å²) in [5, 5.41) is 2.73. The van der Waals surface area contributed by atoms with Crippen molar-refractivity contribution in [1.82, 2.24) is 4.90 Å². The van der Waals surface area contributed by atoms with E-state index in [-0.39, 0.29) is 0 Å². The Bertz CT molecular complexity index is 614. The van der Waals surface area contributed by atoms with Crippen LogP contribution < -0.4 is 4.90 Å². The lowest BCUT2D eigenvalue weighted by Crippen LogP contribution is -2.47. The number of anilines is 1. The van der Waals surface area contributed by atoms with E-state index in [1.807, 2.05) is 0 Å². The third-order valence-electron chi connectivity index (χ3n) is 4.66. The molecule has 0 aromatic heterocycles. The van der Waals surface area contributed by atoms with Gasteiger partial charge in [-0.1, -0.05) is 57.2 Å². The van der Waals surface area contributed by atoms with Crippen LogP contribution in [-0.4, -0.2) is 37.6 Å². The van der Waals surface area contributed by atoms with E-state index in [1.165, 1.54) is 42.5 Å². The summed E-state index contributed by atoms with van der Waals surface area (Å²) in [6.45, 7) is 12.9. The highest BCUT2D eigenvalue weighted by Crippen LogP contribution is 2.27. The number of fused-ring (bicyclic) bond motifs is 1. The first-order valence-electron chi connectivity index (χ1n) is 8.48. The third kappa shape index (κ3) is 3.61. The van der Waals surface area contributed by atoms with Crippen molar-refractivity contribution in [3.63, 3.8) is 0 Å². The zero-order valence-electron chi connectivity index (χ0n) is 14.2. The Labute approximate surface area is 134 Å². The smallest absolute Gasteiger partial charge is 0.0446 e. The molecule has 1 fully saturated rings. The molecule has 1 heterocycles. The SMILES string of the molecule is CC(C)(C)CCN1CCN(c2cccc3ccccc23)CC1. The minimum Gasteiger partial charge on any atom is -0.368 e. The number of benzene rings is 2. The summed E-state index contributed by atoms with van der Waals surface area (Å²) in [4.78, 5) is 5.17. The molecule has 1 aliphatic heterocycles. The van der Waals surface area contributed by atoms with Crippen LogP contribution in [-0.2, 0) is 0 Å². The maximum atomic E-state index is 2.62. The molecule has 118 valence electrons. The van der Waals surface area contributed by atoms with Gasteiger partial charge in [-0.3, -0.25) is 4.90 Å². The van der Waals surface area contributed by atoms with E-state index in [9.17, 15) is 0 Å². The Morgan fingerprint density at radius 3 is 2.27 bits per heavy atom. The van der Waals surface area contributed by atoms with Crippen LogP contribution in [0.15, 0.2) is 42.5 Å². The van der Waals surface area contributed by atoms with Crippen LogP contribution in [0.3, 0.4) is 0 Å². The van der Waals surface area contributed by atoms with Gasteiger partial charge in [0.05, 0.1) is 0 Å². The van der Waals surface area contributed by atoms with Crippen molar-refractivity contribution >= 4 is 16.5 Å². The van der Waals surface area contributed by atoms with Crippen molar-refractivity contribution in [3.05, 3.63) is 42.5 Å². The average molecular weight is 296 g/mol. The zero-order valence-corrected chi connectivity index (χ0v) is 14.2. The second-order valence-corrected chi connectivity index (χ2v) is 7.64. The highest BCUT2D eigenvalue weighted by molar-refractivity contribution is 5.94. The van der Waals surface area contributed by atoms with Crippen molar-refractivity contribution in [2.75, 3.05) is 37.6 Å². The summed E-state index contributed by atoms with van der Waals surface area (Å²) in [6.07, 6.45) is 1.28. The number of hydrogen-bond acceptors (Lipinski definition) is 2. The summed E-state index contributed by atoms with van der Waals surface area (Å²) in [7, 11) is 0. The molecule has 0 spiro atoms. The fourth-order valence-corrected chi connectivity index (χ4v) is 3.19. The molecule has 0 atom stereocenters. The van der Waals surface area contributed by atoms with Gasteiger partial charge in [0.15, 0.2) is 0 Å². The molecule has 0 unspecified atom stereocenters. The normalized spacial score (nSPS) is 17.1. The van der Waals surface area contributed by atoms with Crippen LogP contribution in [0.1, 0.15) is 27.2 Å². The molecule has 2 aromatic rings. The van der Waals surface area contributed by atoms with E-state index in [2.05, 4.69) is 73.0 Å². The fraction of sp³-hybridized carbons (Fsp3) is 0.500. The van der Waals surface area contributed by atoms with Crippen molar-refractivity contribution in [2.45, 2.75) is 27.2 Å². The predicted octanol–water partition coefficient (Wildman–Crippen LogP) is 4.40. The first kappa shape index (κ1) is 15.4. The van der Waals surface area contributed by atoms with E-state index < -0.39 is 0 Å². The molecule has 0 radical (unpaired) electrons. The molecule has 2 heteroatoms. The number of hydrogen-bond donors (Lipinski definition) is 0. The summed E-state index contributed by atoms with van der Waals surface area (Å²) in [5.74, 6) is 0. The Kier molecular flexibility index (Phi) is 4.39. The maximum Gasteiger partial charge on any atom is 0.0446 e. The second kappa shape index (κ2) is 6.29. The van der Waals surface area contributed by atoms with Crippen LogP contribution >= 0.6 is 0 Å². The molecular weight excluding hydrogens is 268 g/mol. The molecule has 0 bridgehead atoms. The number of rotatable bonds is 3. The first-order valence-corrected chi connectivity index (χ1v) is 8.48. The monoisotopic (exact) mass is 296 g/mol. The zero-order chi connectivity index (χ0) is 15.6. The Morgan fingerprint density at radius 1 is 0.864 bits per heavy atom. The maximum absolute atomic E-state index is 2.62. The summed E-state index contributed by atoms with van der Waals surface area (Å²) >= 11 is 0. The fourth-order valence-electron chi connectivity index (χ4n) is 3.19. The van der Waals surface area contributed by atoms with E-state index in [0.29, 0.717) is 5.41 Å². The van der Waals surface area contributed by atoms with Crippen molar-refractivity contribution in [2.24, 2.45) is 5.41 Å². The van der Waals surface area contributed by atoms with Gasteiger partial charge in [-0.25, -0.2) is 0 Å². The summed E-state index contributed by atoms with van der Waals surface area (Å²) in [6, 6.07) is 15.4. The molecule has 2 aromatic carbocycles. The van der Waals surface area contributed by atoms with Crippen LogP contribution in [0.2, 0.25) is 0 Å². The van der Waals surface area contributed by atoms with Gasteiger partial charge >= 0.3 is 0 Å².